The lowest BCUT2D eigenvalue weighted by atomic mass is 10.1. The van der Waals surface area contributed by atoms with E-state index in [9.17, 15) is 8.42 Å². The normalized spacial score (nSPS) is 12.0. The van der Waals surface area contributed by atoms with Crippen molar-refractivity contribution < 1.29 is 12.9 Å². The maximum atomic E-state index is 13.0. The summed E-state index contributed by atoms with van der Waals surface area (Å²) in [6.07, 6.45) is 0.631. The van der Waals surface area contributed by atoms with Gasteiger partial charge in [-0.25, -0.2) is 8.42 Å². The number of aryl methyl sites for hydroxylation is 2. The molecule has 0 aliphatic carbocycles. The van der Waals surface area contributed by atoms with Crippen molar-refractivity contribution in [2.75, 3.05) is 4.72 Å². The summed E-state index contributed by atoms with van der Waals surface area (Å²) in [7, 11) is -3.87. The molecular weight excluding hydrogens is 406 g/mol. The Balaban J connectivity index is 1.81. The smallest absolute Gasteiger partial charge is 0.264 e. The minimum absolute atomic E-state index is 0.0863. The molecule has 0 bridgehead atoms. The van der Waals surface area contributed by atoms with Crippen molar-refractivity contribution in [3.8, 4) is 11.5 Å². The number of rotatable bonds is 5. The Morgan fingerprint density at radius 2 is 2.04 bits per heavy atom. The molecule has 0 saturated heterocycles. The van der Waals surface area contributed by atoms with E-state index in [4.69, 9.17) is 4.52 Å². The highest BCUT2D eigenvalue weighted by molar-refractivity contribution is 7.93. The minimum atomic E-state index is -3.87. The van der Waals surface area contributed by atoms with E-state index in [-0.39, 0.29) is 4.90 Å². The van der Waals surface area contributed by atoms with Gasteiger partial charge in [-0.15, -0.1) is 11.3 Å². The van der Waals surface area contributed by atoms with Gasteiger partial charge in [-0.1, -0.05) is 18.1 Å². The number of nitrogens with zero attached hydrogens (tertiary/aromatic N) is 4. The van der Waals surface area contributed by atoms with Crippen molar-refractivity contribution in [2.24, 2.45) is 0 Å². The lowest BCUT2D eigenvalue weighted by Crippen LogP contribution is -2.13. The first-order chi connectivity index (χ1) is 12.9. The molecule has 0 fully saturated rings. The van der Waals surface area contributed by atoms with Gasteiger partial charge in [-0.3, -0.25) is 4.72 Å². The molecule has 0 saturated carbocycles. The van der Waals surface area contributed by atoms with Crippen molar-refractivity contribution in [3.63, 3.8) is 0 Å². The largest absolute Gasteiger partial charge is 0.334 e. The van der Waals surface area contributed by atoms with E-state index in [1.807, 2.05) is 20.8 Å². The first kappa shape index (κ1) is 18.0. The molecule has 27 heavy (non-hydrogen) atoms. The van der Waals surface area contributed by atoms with E-state index in [2.05, 4.69) is 23.6 Å². The highest BCUT2D eigenvalue weighted by Crippen LogP contribution is 2.40. The predicted molar refractivity (Wildman–Crippen MR) is 105 cm³/mol. The Morgan fingerprint density at radius 3 is 2.78 bits per heavy atom. The summed E-state index contributed by atoms with van der Waals surface area (Å²) in [4.78, 5) is 5.40. The van der Waals surface area contributed by atoms with Gasteiger partial charge in [0.05, 0.1) is 17.3 Å². The van der Waals surface area contributed by atoms with Gasteiger partial charge < -0.3 is 4.52 Å². The Kier molecular flexibility index (Phi) is 4.44. The average Bonchev–Trinajstić information content (AvgIpc) is 3.34. The quantitative estimate of drug-likeness (QED) is 0.522. The third kappa shape index (κ3) is 3.11. The van der Waals surface area contributed by atoms with Crippen molar-refractivity contribution >= 4 is 49.1 Å². The third-order valence-electron chi connectivity index (χ3n) is 4.15. The van der Waals surface area contributed by atoms with Gasteiger partial charge >= 0.3 is 0 Å². The molecule has 0 unspecified atom stereocenters. The van der Waals surface area contributed by atoms with Crippen LogP contribution in [0.5, 0.6) is 0 Å². The van der Waals surface area contributed by atoms with Crippen molar-refractivity contribution in [1.82, 2.24) is 18.9 Å². The molecule has 0 aliphatic rings. The zero-order valence-corrected chi connectivity index (χ0v) is 17.1. The highest BCUT2D eigenvalue weighted by atomic mass is 32.2. The molecule has 140 valence electrons. The molecule has 3 aromatic heterocycles. The number of thiophene rings is 1. The summed E-state index contributed by atoms with van der Waals surface area (Å²) in [5.41, 5.74) is 2.41. The molecule has 1 N–H and O–H groups in total. The van der Waals surface area contributed by atoms with Gasteiger partial charge in [0.15, 0.2) is 5.82 Å². The Bertz CT molecular complexity index is 1240. The highest BCUT2D eigenvalue weighted by Gasteiger charge is 2.26. The monoisotopic (exact) mass is 421 g/mol. The molecule has 0 spiro atoms. The maximum absolute atomic E-state index is 13.0. The number of hydrogen-bond donors (Lipinski definition) is 1. The van der Waals surface area contributed by atoms with Crippen LogP contribution in [0, 0.1) is 13.8 Å². The van der Waals surface area contributed by atoms with Crippen molar-refractivity contribution in [2.45, 2.75) is 32.1 Å². The molecule has 0 atom stereocenters. The zero-order valence-electron chi connectivity index (χ0n) is 14.7. The number of nitrogens with one attached hydrogen (secondary N) is 1. The van der Waals surface area contributed by atoms with E-state index in [0.29, 0.717) is 39.7 Å². The van der Waals surface area contributed by atoms with Gasteiger partial charge in [0, 0.05) is 11.3 Å². The Hall–Kier alpha value is -2.37. The predicted octanol–water partition coefficient (Wildman–Crippen LogP) is 3.78. The van der Waals surface area contributed by atoms with Crippen LogP contribution < -0.4 is 4.72 Å². The van der Waals surface area contributed by atoms with Crippen LogP contribution in [0.25, 0.3) is 22.5 Å². The number of aromatic nitrogens is 4. The van der Waals surface area contributed by atoms with Crippen LogP contribution in [-0.4, -0.2) is 27.3 Å². The number of hydrogen-bond acceptors (Lipinski definition) is 9. The van der Waals surface area contributed by atoms with Crippen LogP contribution in [-0.2, 0) is 16.4 Å². The fourth-order valence-electron chi connectivity index (χ4n) is 2.63. The van der Waals surface area contributed by atoms with Gasteiger partial charge in [0.25, 0.3) is 15.9 Å². The first-order valence-electron chi connectivity index (χ1n) is 8.07. The van der Waals surface area contributed by atoms with E-state index in [0.717, 1.165) is 22.2 Å². The van der Waals surface area contributed by atoms with Crippen molar-refractivity contribution in [1.29, 1.82) is 0 Å². The molecule has 4 rings (SSSR count). The molecule has 1 aromatic carbocycles. The zero-order chi connectivity index (χ0) is 19.2. The summed E-state index contributed by atoms with van der Waals surface area (Å²) in [5, 5.41) is 4.36. The van der Waals surface area contributed by atoms with Gasteiger partial charge in [0.1, 0.15) is 20.9 Å². The SMILES string of the molecule is CCc1noc(-c2c(NS(=O)(=O)c3cccc4nsnc34)sc(C)c2C)n1. The second-order valence-corrected chi connectivity index (χ2v) is 9.25. The van der Waals surface area contributed by atoms with Gasteiger partial charge in [-0.05, 0) is 31.5 Å². The molecule has 11 heteroatoms. The third-order valence-corrected chi connectivity index (χ3v) is 7.32. The van der Waals surface area contributed by atoms with E-state index < -0.39 is 10.0 Å². The van der Waals surface area contributed by atoms with Crippen LogP contribution in [0.3, 0.4) is 0 Å². The van der Waals surface area contributed by atoms with Crippen LogP contribution >= 0.6 is 23.1 Å². The lowest BCUT2D eigenvalue weighted by Gasteiger charge is -2.08. The second-order valence-electron chi connectivity index (χ2n) is 5.85. The maximum Gasteiger partial charge on any atom is 0.264 e. The Morgan fingerprint density at radius 1 is 1.22 bits per heavy atom. The lowest BCUT2D eigenvalue weighted by molar-refractivity contribution is 0.423. The van der Waals surface area contributed by atoms with Gasteiger partial charge in [0.2, 0.25) is 0 Å². The van der Waals surface area contributed by atoms with Crippen LogP contribution in [0.2, 0.25) is 0 Å². The fourth-order valence-corrected chi connectivity index (χ4v) is 5.76. The molecule has 4 aromatic rings. The van der Waals surface area contributed by atoms with Crippen LogP contribution in [0.15, 0.2) is 27.6 Å². The van der Waals surface area contributed by atoms with E-state index >= 15 is 0 Å². The van der Waals surface area contributed by atoms with E-state index in [1.165, 1.54) is 17.4 Å². The second kappa shape index (κ2) is 6.66. The van der Waals surface area contributed by atoms with Crippen molar-refractivity contribution in [3.05, 3.63) is 34.5 Å². The molecular formula is C16H15N5O3S3. The van der Waals surface area contributed by atoms with Crippen LogP contribution in [0.4, 0.5) is 5.00 Å². The molecule has 0 amide bonds. The summed E-state index contributed by atoms with van der Waals surface area (Å²) < 4.78 is 42.3. The molecule has 0 radical (unpaired) electrons. The standard InChI is InChI=1S/C16H15N5O3S3/c1-4-12-17-15(24-18-12)13-8(2)9(3)25-16(13)21-27(22,23)11-7-5-6-10-14(11)20-26-19-10/h5-7,21H,4H2,1-3H3. The van der Waals surface area contributed by atoms with Crippen LogP contribution in [0.1, 0.15) is 23.2 Å². The molecule has 3 heterocycles. The topological polar surface area (TPSA) is 111 Å². The average molecular weight is 422 g/mol. The summed E-state index contributed by atoms with van der Waals surface area (Å²) in [5.74, 6) is 0.875. The summed E-state index contributed by atoms with van der Waals surface area (Å²) in [6, 6.07) is 4.89. The number of sulfonamides is 1. The number of anilines is 1. The number of fused-ring (bicyclic) bond motifs is 1. The van der Waals surface area contributed by atoms with E-state index in [1.54, 1.807) is 12.1 Å². The first-order valence-corrected chi connectivity index (χ1v) is 11.1. The number of benzene rings is 1. The molecule has 8 nitrogen and oxygen atoms in total. The summed E-state index contributed by atoms with van der Waals surface area (Å²) >= 11 is 2.31. The molecule has 0 aliphatic heterocycles. The minimum Gasteiger partial charge on any atom is -0.334 e. The summed E-state index contributed by atoms with van der Waals surface area (Å²) in [6.45, 7) is 5.75. The fraction of sp³-hybridized carbons (Fsp3) is 0.250. The Labute approximate surface area is 163 Å². The van der Waals surface area contributed by atoms with Gasteiger partial charge in [-0.2, -0.15) is 13.7 Å².